The standard InChI is InChI=1S/C14H15N3O/c1-2-7-17-9-10(8-13(17)18)14-15-11-5-3-4-6-12(11)16-14/h2-6,10H,1,7-9H2,(H,15,16). The van der Waals surface area contributed by atoms with Crippen LogP contribution in [0.5, 0.6) is 0 Å². The molecule has 1 aliphatic rings. The highest BCUT2D eigenvalue weighted by molar-refractivity contribution is 5.80. The van der Waals surface area contributed by atoms with Crippen molar-refractivity contribution in [3.8, 4) is 0 Å². The third-order valence-electron chi connectivity index (χ3n) is 3.36. The lowest BCUT2D eigenvalue weighted by Gasteiger charge is -2.12. The fourth-order valence-electron chi connectivity index (χ4n) is 2.45. The molecule has 0 aliphatic carbocycles. The maximum absolute atomic E-state index is 11.8. The maximum Gasteiger partial charge on any atom is 0.223 e. The fourth-order valence-corrected chi connectivity index (χ4v) is 2.45. The summed E-state index contributed by atoms with van der Waals surface area (Å²) in [6.07, 6.45) is 2.30. The van der Waals surface area contributed by atoms with Crippen LogP contribution in [0.1, 0.15) is 18.2 Å². The average molecular weight is 241 g/mol. The van der Waals surface area contributed by atoms with Crippen LogP contribution in [0, 0.1) is 0 Å². The maximum atomic E-state index is 11.8. The number of aromatic nitrogens is 2. The van der Waals surface area contributed by atoms with Gasteiger partial charge in [-0.05, 0) is 12.1 Å². The molecule has 1 aromatic heterocycles. The van der Waals surface area contributed by atoms with Crippen molar-refractivity contribution in [3.05, 3.63) is 42.7 Å². The molecule has 18 heavy (non-hydrogen) atoms. The monoisotopic (exact) mass is 241 g/mol. The molecule has 0 bridgehead atoms. The number of imidazole rings is 1. The number of hydrogen-bond donors (Lipinski definition) is 1. The highest BCUT2D eigenvalue weighted by Crippen LogP contribution is 2.27. The number of hydrogen-bond acceptors (Lipinski definition) is 2. The van der Waals surface area contributed by atoms with E-state index in [2.05, 4.69) is 16.5 Å². The first-order valence-electron chi connectivity index (χ1n) is 6.11. The molecule has 0 saturated carbocycles. The first-order chi connectivity index (χ1) is 8.78. The SMILES string of the molecule is C=CCN1CC(c2nc3ccccc3[nH]2)CC1=O. The summed E-state index contributed by atoms with van der Waals surface area (Å²) < 4.78 is 0. The minimum Gasteiger partial charge on any atom is -0.342 e. The van der Waals surface area contributed by atoms with E-state index in [0.29, 0.717) is 13.0 Å². The molecular weight excluding hydrogens is 226 g/mol. The summed E-state index contributed by atoms with van der Waals surface area (Å²) in [6.45, 7) is 5.02. The molecule has 2 heterocycles. The molecule has 1 unspecified atom stereocenters. The van der Waals surface area contributed by atoms with Gasteiger partial charge in [-0.3, -0.25) is 4.79 Å². The van der Waals surface area contributed by atoms with Crippen LogP contribution in [-0.2, 0) is 4.79 Å². The Kier molecular flexibility index (Phi) is 2.63. The molecule has 2 aromatic rings. The van der Waals surface area contributed by atoms with Crippen LogP contribution in [0.3, 0.4) is 0 Å². The van der Waals surface area contributed by atoms with Crippen molar-refractivity contribution in [2.45, 2.75) is 12.3 Å². The molecule has 4 nitrogen and oxygen atoms in total. The molecule has 1 atom stereocenters. The summed E-state index contributed by atoms with van der Waals surface area (Å²) >= 11 is 0. The molecular formula is C14H15N3O. The van der Waals surface area contributed by atoms with E-state index < -0.39 is 0 Å². The number of carbonyl (C=O) groups is 1. The predicted octanol–water partition coefficient (Wildman–Crippen LogP) is 2.06. The number of nitrogens with one attached hydrogen (secondary N) is 1. The van der Waals surface area contributed by atoms with Gasteiger partial charge in [0.15, 0.2) is 0 Å². The van der Waals surface area contributed by atoms with E-state index in [1.807, 2.05) is 29.2 Å². The molecule has 1 amide bonds. The second-order valence-electron chi connectivity index (χ2n) is 4.63. The number of likely N-dealkylation sites (tertiary alicyclic amines) is 1. The molecule has 1 aromatic carbocycles. The lowest BCUT2D eigenvalue weighted by molar-refractivity contribution is -0.127. The third-order valence-corrected chi connectivity index (χ3v) is 3.36. The highest BCUT2D eigenvalue weighted by atomic mass is 16.2. The van der Waals surface area contributed by atoms with Crippen molar-refractivity contribution >= 4 is 16.9 Å². The van der Waals surface area contributed by atoms with Crippen LogP contribution < -0.4 is 0 Å². The molecule has 1 saturated heterocycles. The first-order valence-corrected chi connectivity index (χ1v) is 6.11. The molecule has 1 fully saturated rings. The Hall–Kier alpha value is -2.10. The van der Waals surface area contributed by atoms with Crippen molar-refractivity contribution in [1.82, 2.24) is 14.9 Å². The summed E-state index contributed by atoms with van der Waals surface area (Å²) in [5.41, 5.74) is 1.99. The number of rotatable bonds is 3. The lowest BCUT2D eigenvalue weighted by Crippen LogP contribution is -2.24. The molecule has 1 aliphatic heterocycles. The van der Waals surface area contributed by atoms with E-state index in [1.165, 1.54) is 0 Å². The molecule has 0 spiro atoms. The summed E-state index contributed by atoms with van der Waals surface area (Å²) in [7, 11) is 0. The van der Waals surface area contributed by atoms with E-state index >= 15 is 0 Å². The van der Waals surface area contributed by atoms with Gasteiger partial charge in [-0.2, -0.15) is 0 Å². The third kappa shape index (κ3) is 1.79. The zero-order chi connectivity index (χ0) is 12.5. The number of benzene rings is 1. The average Bonchev–Trinajstić information content (AvgIpc) is 2.94. The Bertz CT molecular complexity index is 569. The zero-order valence-electron chi connectivity index (χ0n) is 10.1. The number of H-pyrrole nitrogens is 1. The summed E-state index contributed by atoms with van der Waals surface area (Å²) in [5, 5.41) is 0. The molecule has 4 heteroatoms. The minimum absolute atomic E-state index is 0.171. The lowest BCUT2D eigenvalue weighted by atomic mass is 10.1. The molecule has 92 valence electrons. The quantitative estimate of drug-likeness (QED) is 0.836. The topological polar surface area (TPSA) is 49.0 Å². The molecule has 3 rings (SSSR count). The number of para-hydroxylation sites is 2. The van der Waals surface area contributed by atoms with Gasteiger partial charge in [-0.25, -0.2) is 4.98 Å². The van der Waals surface area contributed by atoms with Gasteiger partial charge in [0.05, 0.1) is 11.0 Å². The van der Waals surface area contributed by atoms with Gasteiger partial charge < -0.3 is 9.88 Å². The fraction of sp³-hybridized carbons (Fsp3) is 0.286. The second-order valence-corrected chi connectivity index (χ2v) is 4.63. The smallest absolute Gasteiger partial charge is 0.223 e. The number of carbonyl (C=O) groups excluding carboxylic acids is 1. The van der Waals surface area contributed by atoms with Gasteiger partial charge in [0, 0.05) is 25.4 Å². The van der Waals surface area contributed by atoms with Gasteiger partial charge in [-0.15, -0.1) is 6.58 Å². The van der Waals surface area contributed by atoms with E-state index in [-0.39, 0.29) is 11.8 Å². The van der Waals surface area contributed by atoms with E-state index in [9.17, 15) is 4.79 Å². The van der Waals surface area contributed by atoms with Gasteiger partial charge in [0.2, 0.25) is 5.91 Å². The first kappa shape index (κ1) is 11.0. The highest BCUT2D eigenvalue weighted by Gasteiger charge is 2.31. The zero-order valence-corrected chi connectivity index (χ0v) is 10.1. The van der Waals surface area contributed by atoms with Gasteiger partial charge in [-0.1, -0.05) is 18.2 Å². The van der Waals surface area contributed by atoms with Crippen molar-refractivity contribution in [2.24, 2.45) is 0 Å². The van der Waals surface area contributed by atoms with Crippen LogP contribution in [0.15, 0.2) is 36.9 Å². The Morgan fingerprint density at radius 1 is 1.50 bits per heavy atom. The number of nitrogens with zero attached hydrogens (tertiary/aromatic N) is 2. The normalized spacial score (nSPS) is 19.7. The van der Waals surface area contributed by atoms with Gasteiger partial charge in [0.1, 0.15) is 5.82 Å². The van der Waals surface area contributed by atoms with Crippen LogP contribution in [0.4, 0.5) is 0 Å². The van der Waals surface area contributed by atoms with Crippen LogP contribution in [0.2, 0.25) is 0 Å². The van der Waals surface area contributed by atoms with E-state index in [4.69, 9.17) is 0 Å². The minimum atomic E-state index is 0.171. The number of aromatic amines is 1. The Balaban J connectivity index is 1.87. The van der Waals surface area contributed by atoms with Crippen molar-refractivity contribution in [1.29, 1.82) is 0 Å². The van der Waals surface area contributed by atoms with Crippen LogP contribution in [0.25, 0.3) is 11.0 Å². The Morgan fingerprint density at radius 2 is 2.33 bits per heavy atom. The van der Waals surface area contributed by atoms with Crippen molar-refractivity contribution in [3.63, 3.8) is 0 Å². The summed E-state index contributed by atoms with van der Waals surface area (Å²) in [6, 6.07) is 7.93. The second kappa shape index (κ2) is 4.29. The summed E-state index contributed by atoms with van der Waals surface area (Å²) in [4.78, 5) is 21.5. The largest absolute Gasteiger partial charge is 0.342 e. The van der Waals surface area contributed by atoms with Crippen molar-refractivity contribution in [2.75, 3.05) is 13.1 Å². The number of fused-ring (bicyclic) bond motifs is 1. The summed E-state index contributed by atoms with van der Waals surface area (Å²) in [5.74, 6) is 1.27. The van der Waals surface area contributed by atoms with Gasteiger partial charge in [0.25, 0.3) is 0 Å². The number of amides is 1. The molecule has 0 radical (unpaired) electrons. The predicted molar refractivity (Wildman–Crippen MR) is 70.2 cm³/mol. The Morgan fingerprint density at radius 3 is 3.11 bits per heavy atom. The van der Waals surface area contributed by atoms with Crippen molar-refractivity contribution < 1.29 is 4.79 Å². The van der Waals surface area contributed by atoms with Crippen LogP contribution in [-0.4, -0.2) is 33.9 Å². The van der Waals surface area contributed by atoms with Crippen LogP contribution >= 0.6 is 0 Å². The van der Waals surface area contributed by atoms with E-state index in [1.54, 1.807) is 6.08 Å². The molecule has 1 N–H and O–H groups in total. The Labute approximate surface area is 105 Å². The van der Waals surface area contributed by atoms with E-state index in [0.717, 1.165) is 23.4 Å². The van der Waals surface area contributed by atoms with Gasteiger partial charge >= 0.3 is 0 Å².